The lowest BCUT2D eigenvalue weighted by molar-refractivity contribution is 0.0944. The molecular weight excluding hydrogens is 272 g/mol. The normalized spacial score (nSPS) is 18.4. The number of hydrogen-bond acceptors (Lipinski definition) is 5. The van der Waals surface area contributed by atoms with Crippen molar-refractivity contribution in [1.29, 1.82) is 0 Å². The number of piperidine rings is 1. The molecule has 1 aromatic heterocycles. The number of nitrogen functional groups attached to an aromatic ring is 1. The molecule has 0 bridgehead atoms. The third-order valence-electron chi connectivity index (χ3n) is 3.53. The standard InChI is InChI=1S/C14H24N4OS/c1-9(2)16-12(19)10-11(15)17-20-13(10)18-7-5-6-14(3,4)8-18/h9H,5-8H2,1-4H3,(H2,15,17)(H,16,19). The van der Waals surface area contributed by atoms with Gasteiger partial charge in [-0.1, -0.05) is 13.8 Å². The van der Waals surface area contributed by atoms with E-state index in [4.69, 9.17) is 5.73 Å². The van der Waals surface area contributed by atoms with E-state index in [0.717, 1.165) is 24.5 Å². The summed E-state index contributed by atoms with van der Waals surface area (Å²) in [4.78, 5) is 14.6. The average Bonchev–Trinajstić information content (AvgIpc) is 2.69. The molecule has 1 aliphatic rings. The predicted octanol–water partition coefficient (Wildman–Crippen LogP) is 2.49. The van der Waals surface area contributed by atoms with Crippen molar-refractivity contribution < 1.29 is 4.79 Å². The number of amides is 1. The zero-order valence-corrected chi connectivity index (χ0v) is 13.5. The molecule has 5 nitrogen and oxygen atoms in total. The topological polar surface area (TPSA) is 71.2 Å². The van der Waals surface area contributed by atoms with Crippen LogP contribution in [0.25, 0.3) is 0 Å². The number of nitrogens with one attached hydrogen (secondary N) is 1. The van der Waals surface area contributed by atoms with Crippen molar-refractivity contribution in [2.75, 3.05) is 23.7 Å². The Hall–Kier alpha value is -1.30. The molecule has 0 unspecified atom stereocenters. The summed E-state index contributed by atoms with van der Waals surface area (Å²) in [5.41, 5.74) is 6.71. The lowest BCUT2D eigenvalue weighted by Gasteiger charge is -2.38. The minimum absolute atomic E-state index is 0.0902. The molecule has 0 spiro atoms. The van der Waals surface area contributed by atoms with Gasteiger partial charge in [-0.2, -0.15) is 4.37 Å². The fourth-order valence-corrected chi connectivity index (χ4v) is 3.49. The van der Waals surface area contributed by atoms with Crippen LogP contribution < -0.4 is 16.0 Å². The maximum absolute atomic E-state index is 12.3. The van der Waals surface area contributed by atoms with E-state index >= 15 is 0 Å². The van der Waals surface area contributed by atoms with Crippen LogP contribution in [0.3, 0.4) is 0 Å². The van der Waals surface area contributed by atoms with Crippen LogP contribution >= 0.6 is 11.5 Å². The largest absolute Gasteiger partial charge is 0.382 e. The van der Waals surface area contributed by atoms with Crippen molar-refractivity contribution in [1.82, 2.24) is 9.69 Å². The summed E-state index contributed by atoms with van der Waals surface area (Å²) in [6, 6.07) is 0.0902. The molecule has 1 fully saturated rings. The zero-order valence-electron chi connectivity index (χ0n) is 12.7. The molecule has 3 N–H and O–H groups in total. The zero-order chi connectivity index (χ0) is 14.9. The van der Waals surface area contributed by atoms with Crippen LogP contribution in [-0.2, 0) is 0 Å². The fourth-order valence-electron chi connectivity index (χ4n) is 2.65. The Labute approximate surface area is 124 Å². The molecule has 1 aromatic rings. The van der Waals surface area contributed by atoms with Crippen LogP contribution in [0.5, 0.6) is 0 Å². The van der Waals surface area contributed by atoms with Gasteiger partial charge in [0.1, 0.15) is 10.6 Å². The quantitative estimate of drug-likeness (QED) is 0.899. The molecule has 0 aliphatic carbocycles. The number of anilines is 2. The molecule has 1 saturated heterocycles. The van der Waals surface area contributed by atoms with E-state index in [2.05, 4.69) is 28.4 Å². The highest BCUT2D eigenvalue weighted by Gasteiger charge is 2.31. The second-order valence-corrected chi connectivity index (χ2v) is 7.32. The molecule has 2 rings (SSSR count). The Balaban J connectivity index is 2.26. The van der Waals surface area contributed by atoms with Crippen molar-refractivity contribution in [3.63, 3.8) is 0 Å². The molecule has 112 valence electrons. The number of carbonyl (C=O) groups is 1. The highest BCUT2D eigenvalue weighted by Crippen LogP contribution is 2.37. The van der Waals surface area contributed by atoms with E-state index in [9.17, 15) is 4.79 Å². The molecule has 0 radical (unpaired) electrons. The van der Waals surface area contributed by atoms with Gasteiger partial charge in [0.2, 0.25) is 0 Å². The number of carbonyl (C=O) groups excluding carboxylic acids is 1. The number of nitrogens with zero attached hydrogens (tertiary/aromatic N) is 2. The van der Waals surface area contributed by atoms with Crippen LogP contribution in [0, 0.1) is 5.41 Å². The first-order chi connectivity index (χ1) is 9.30. The van der Waals surface area contributed by atoms with Gasteiger partial charge in [0.15, 0.2) is 5.82 Å². The Kier molecular flexibility index (Phi) is 4.22. The molecule has 0 atom stereocenters. The van der Waals surface area contributed by atoms with E-state index in [0.29, 0.717) is 11.4 Å². The summed E-state index contributed by atoms with van der Waals surface area (Å²) in [5.74, 6) is 0.219. The van der Waals surface area contributed by atoms with Gasteiger partial charge in [0, 0.05) is 19.1 Å². The number of hydrogen-bond donors (Lipinski definition) is 2. The van der Waals surface area contributed by atoms with Crippen molar-refractivity contribution in [2.24, 2.45) is 5.41 Å². The van der Waals surface area contributed by atoms with Crippen molar-refractivity contribution in [3.05, 3.63) is 5.56 Å². The monoisotopic (exact) mass is 296 g/mol. The minimum atomic E-state index is -0.121. The van der Waals surface area contributed by atoms with Crippen molar-refractivity contribution >= 4 is 28.3 Å². The van der Waals surface area contributed by atoms with E-state index in [1.807, 2.05) is 13.8 Å². The summed E-state index contributed by atoms with van der Waals surface area (Å²) in [7, 11) is 0. The van der Waals surface area contributed by atoms with Gasteiger partial charge < -0.3 is 16.0 Å². The summed E-state index contributed by atoms with van der Waals surface area (Å²) in [6.45, 7) is 10.3. The average molecular weight is 296 g/mol. The molecule has 0 saturated carbocycles. The first-order valence-electron chi connectivity index (χ1n) is 7.11. The third kappa shape index (κ3) is 3.23. The summed E-state index contributed by atoms with van der Waals surface area (Å²) in [6.07, 6.45) is 2.35. The number of rotatable bonds is 3. The third-order valence-corrected chi connectivity index (χ3v) is 4.46. The minimum Gasteiger partial charge on any atom is -0.382 e. The van der Waals surface area contributed by atoms with E-state index in [1.54, 1.807) is 0 Å². The van der Waals surface area contributed by atoms with E-state index in [1.165, 1.54) is 18.0 Å². The predicted molar refractivity (Wildman–Crippen MR) is 84.4 cm³/mol. The van der Waals surface area contributed by atoms with Gasteiger partial charge in [-0.05, 0) is 43.6 Å². The van der Waals surface area contributed by atoms with Crippen molar-refractivity contribution in [3.8, 4) is 0 Å². The maximum atomic E-state index is 12.3. The van der Waals surface area contributed by atoms with Crippen LogP contribution in [0.2, 0.25) is 0 Å². The smallest absolute Gasteiger partial charge is 0.258 e. The second kappa shape index (κ2) is 5.60. The van der Waals surface area contributed by atoms with Crippen LogP contribution in [0.4, 0.5) is 10.8 Å². The summed E-state index contributed by atoms with van der Waals surface area (Å²) in [5, 5.41) is 3.82. The molecule has 1 amide bonds. The summed E-state index contributed by atoms with van der Waals surface area (Å²) < 4.78 is 4.18. The Morgan fingerprint density at radius 1 is 1.50 bits per heavy atom. The van der Waals surface area contributed by atoms with Gasteiger partial charge in [-0.3, -0.25) is 4.79 Å². The highest BCUT2D eigenvalue weighted by molar-refractivity contribution is 7.11. The van der Waals surface area contributed by atoms with Gasteiger partial charge in [-0.15, -0.1) is 0 Å². The Bertz CT molecular complexity index is 495. The Morgan fingerprint density at radius 3 is 2.80 bits per heavy atom. The SMILES string of the molecule is CC(C)NC(=O)c1c(N)nsc1N1CCCC(C)(C)C1. The van der Waals surface area contributed by atoms with Crippen molar-refractivity contribution in [2.45, 2.75) is 46.6 Å². The molecule has 20 heavy (non-hydrogen) atoms. The molecule has 1 aliphatic heterocycles. The first kappa shape index (κ1) is 15.1. The maximum Gasteiger partial charge on any atom is 0.258 e. The van der Waals surface area contributed by atoms with Gasteiger partial charge in [-0.25, -0.2) is 0 Å². The highest BCUT2D eigenvalue weighted by atomic mass is 32.1. The number of aromatic nitrogens is 1. The lowest BCUT2D eigenvalue weighted by atomic mass is 9.84. The van der Waals surface area contributed by atoms with Crippen LogP contribution in [0.1, 0.15) is 50.9 Å². The summed E-state index contributed by atoms with van der Waals surface area (Å²) >= 11 is 1.33. The Morgan fingerprint density at radius 2 is 2.20 bits per heavy atom. The van der Waals surface area contributed by atoms with Gasteiger partial charge in [0.05, 0.1) is 0 Å². The van der Waals surface area contributed by atoms with Gasteiger partial charge >= 0.3 is 0 Å². The molecule has 6 heteroatoms. The first-order valence-corrected chi connectivity index (χ1v) is 7.88. The molecule has 2 heterocycles. The van der Waals surface area contributed by atoms with Gasteiger partial charge in [0.25, 0.3) is 5.91 Å². The van der Waals surface area contributed by atoms with Crippen LogP contribution in [0.15, 0.2) is 0 Å². The van der Waals surface area contributed by atoms with Crippen LogP contribution in [-0.4, -0.2) is 29.4 Å². The van der Waals surface area contributed by atoms with E-state index in [-0.39, 0.29) is 17.4 Å². The van der Waals surface area contributed by atoms with E-state index < -0.39 is 0 Å². The molecular formula is C14H24N4OS. The second-order valence-electron chi connectivity index (χ2n) is 6.57. The lowest BCUT2D eigenvalue weighted by Crippen LogP contribution is -2.41. The molecule has 0 aromatic carbocycles. The fraction of sp³-hybridized carbons (Fsp3) is 0.714. The number of nitrogens with two attached hydrogens (primary N) is 1.